The van der Waals surface area contributed by atoms with Crippen LogP contribution in [0.25, 0.3) is 0 Å². The summed E-state index contributed by atoms with van der Waals surface area (Å²) in [5, 5.41) is 2.55. The minimum atomic E-state index is -2.73. The summed E-state index contributed by atoms with van der Waals surface area (Å²) < 4.78 is 44.5. The first-order chi connectivity index (χ1) is 11.2. The average Bonchev–Trinajstić information content (AvgIpc) is 2.54. The predicted octanol–water partition coefficient (Wildman–Crippen LogP) is 3.29. The highest BCUT2D eigenvalue weighted by molar-refractivity contribution is 5.86. The zero-order chi connectivity index (χ0) is 17.9. The van der Waals surface area contributed by atoms with E-state index in [0.717, 1.165) is 0 Å². The van der Waals surface area contributed by atoms with Crippen LogP contribution in [0.3, 0.4) is 0 Å². The Bertz CT molecular complexity index is 624. The van der Waals surface area contributed by atoms with Gasteiger partial charge in [0, 0.05) is 18.8 Å². The van der Waals surface area contributed by atoms with Gasteiger partial charge in [0.05, 0.1) is 7.11 Å². The Hall–Kier alpha value is -2.05. The van der Waals surface area contributed by atoms with Gasteiger partial charge in [0.25, 0.3) is 0 Å². The van der Waals surface area contributed by atoms with Crippen LogP contribution in [0, 0.1) is 18.7 Å². The number of esters is 1. The zero-order valence-electron chi connectivity index (χ0n) is 13.6. The summed E-state index contributed by atoms with van der Waals surface area (Å²) in [7, 11) is 1.18. The summed E-state index contributed by atoms with van der Waals surface area (Å²) >= 11 is 0. The number of halogens is 3. The number of rotatable bonds is 4. The number of alkyl halides is 2. The van der Waals surface area contributed by atoms with E-state index in [-0.39, 0.29) is 25.7 Å². The maximum absolute atomic E-state index is 13.4. The molecule has 1 unspecified atom stereocenters. The molecular weight excluding hydrogens is 323 g/mol. The molecular formula is C17H20F3NO3. The second-order valence-electron chi connectivity index (χ2n) is 6.10. The number of ether oxygens (including phenoxy) is 1. The van der Waals surface area contributed by atoms with Gasteiger partial charge in [-0.15, -0.1) is 0 Å². The monoisotopic (exact) mass is 343 g/mol. The van der Waals surface area contributed by atoms with E-state index in [0.29, 0.717) is 11.1 Å². The highest BCUT2D eigenvalue weighted by Crippen LogP contribution is 2.36. The first kappa shape index (κ1) is 18.3. The molecule has 1 fully saturated rings. The lowest BCUT2D eigenvalue weighted by atomic mass is 9.86. The normalized spacial score (nSPS) is 18.7. The first-order valence-corrected chi connectivity index (χ1v) is 7.75. The van der Waals surface area contributed by atoms with Crippen LogP contribution in [0.5, 0.6) is 0 Å². The molecule has 132 valence electrons. The van der Waals surface area contributed by atoms with E-state index >= 15 is 0 Å². The number of aryl methyl sites for hydroxylation is 1. The van der Waals surface area contributed by atoms with Crippen LogP contribution in [0.15, 0.2) is 18.2 Å². The Morgan fingerprint density at radius 1 is 1.29 bits per heavy atom. The Morgan fingerprint density at radius 3 is 2.46 bits per heavy atom. The van der Waals surface area contributed by atoms with Gasteiger partial charge in [-0.25, -0.2) is 18.0 Å². The SMILES string of the molecule is COC(=O)C(NC(=O)C1CCC(F)(F)CC1)c1ccc(F)c(C)c1. The average molecular weight is 343 g/mol. The Kier molecular flexibility index (Phi) is 5.51. The molecule has 0 aromatic heterocycles. The van der Waals surface area contributed by atoms with Gasteiger partial charge in [-0.3, -0.25) is 4.79 Å². The second kappa shape index (κ2) is 7.23. The molecule has 0 saturated heterocycles. The van der Waals surface area contributed by atoms with Gasteiger partial charge in [-0.1, -0.05) is 12.1 Å². The number of carbonyl (C=O) groups excluding carboxylic acids is 2. The predicted molar refractivity (Wildman–Crippen MR) is 80.9 cm³/mol. The van der Waals surface area contributed by atoms with Crippen LogP contribution in [0.4, 0.5) is 13.2 Å². The topological polar surface area (TPSA) is 55.4 Å². The van der Waals surface area contributed by atoms with Crippen LogP contribution in [-0.2, 0) is 14.3 Å². The summed E-state index contributed by atoms with van der Waals surface area (Å²) in [5.74, 6) is -4.90. The third-order valence-corrected chi connectivity index (χ3v) is 4.33. The van der Waals surface area contributed by atoms with Gasteiger partial charge in [0.15, 0.2) is 6.04 Å². The lowest BCUT2D eigenvalue weighted by Crippen LogP contribution is -2.40. The van der Waals surface area contributed by atoms with Crippen molar-refractivity contribution in [3.63, 3.8) is 0 Å². The molecule has 0 spiro atoms. The minimum absolute atomic E-state index is 0.0647. The van der Waals surface area contributed by atoms with Crippen molar-refractivity contribution < 1.29 is 27.5 Å². The standard InChI is InChI=1S/C17H20F3NO3/c1-10-9-12(3-4-13(10)18)14(16(23)24-2)21-15(22)11-5-7-17(19,20)8-6-11/h3-4,9,11,14H,5-8H2,1-2H3,(H,21,22). The van der Waals surface area contributed by atoms with Crippen molar-refractivity contribution >= 4 is 11.9 Å². The summed E-state index contributed by atoms with van der Waals surface area (Å²) in [6.07, 6.45) is -0.558. The molecule has 24 heavy (non-hydrogen) atoms. The Balaban J connectivity index is 2.13. The van der Waals surface area contributed by atoms with Gasteiger partial charge in [0.1, 0.15) is 5.82 Å². The number of carbonyl (C=O) groups is 2. The molecule has 4 nitrogen and oxygen atoms in total. The molecule has 1 atom stereocenters. The molecule has 1 aliphatic rings. The van der Waals surface area contributed by atoms with Gasteiger partial charge in [-0.2, -0.15) is 0 Å². The molecule has 1 aromatic carbocycles. The van der Waals surface area contributed by atoms with Crippen LogP contribution in [-0.4, -0.2) is 24.9 Å². The molecule has 1 aliphatic carbocycles. The van der Waals surface area contributed by atoms with Crippen LogP contribution in [0.2, 0.25) is 0 Å². The van der Waals surface area contributed by atoms with E-state index in [1.54, 1.807) is 0 Å². The van der Waals surface area contributed by atoms with Gasteiger partial charge in [-0.05, 0) is 37.0 Å². The van der Waals surface area contributed by atoms with Gasteiger partial charge < -0.3 is 10.1 Å². The van der Waals surface area contributed by atoms with Crippen LogP contribution in [0.1, 0.15) is 42.9 Å². The van der Waals surface area contributed by atoms with Crippen molar-refractivity contribution in [3.8, 4) is 0 Å². The molecule has 0 heterocycles. The summed E-state index contributed by atoms with van der Waals surface area (Å²) in [6, 6.07) is 2.95. The quantitative estimate of drug-likeness (QED) is 0.854. The molecule has 7 heteroatoms. The van der Waals surface area contributed by atoms with Crippen molar-refractivity contribution in [2.45, 2.75) is 44.6 Å². The Morgan fingerprint density at radius 2 is 1.92 bits per heavy atom. The number of amides is 1. The third kappa shape index (κ3) is 4.27. The highest BCUT2D eigenvalue weighted by atomic mass is 19.3. The van der Waals surface area contributed by atoms with E-state index in [1.165, 1.54) is 32.2 Å². The van der Waals surface area contributed by atoms with Crippen LogP contribution < -0.4 is 5.32 Å². The number of methoxy groups -OCH3 is 1. The first-order valence-electron chi connectivity index (χ1n) is 7.75. The van der Waals surface area contributed by atoms with Crippen molar-refractivity contribution in [1.82, 2.24) is 5.32 Å². The molecule has 1 aromatic rings. The number of hydrogen-bond donors (Lipinski definition) is 1. The van der Waals surface area contributed by atoms with Crippen molar-refractivity contribution in [3.05, 3.63) is 35.1 Å². The maximum atomic E-state index is 13.4. The second-order valence-corrected chi connectivity index (χ2v) is 6.10. The Labute approximate surface area is 138 Å². The lowest BCUT2D eigenvalue weighted by Gasteiger charge is -2.28. The van der Waals surface area contributed by atoms with E-state index in [1.807, 2.05) is 0 Å². The third-order valence-electron chi connectivity index (χ3n) is 4.33. The van der Waals surface area contributed by atoms with Crippen LogP contribution >= 0.6 is 0 Å². The fourth-order valence-electron chi connectivity index (χ4n) is 2.81. The summed E-state index contributed by atoms with van der Waals surface area (Å²) in [5.41, 5.74) is 0.711. The number of hydrogen-bond acceptors (Lipinski definition) is 3. The molecule has 2 rings (SSSR count). The molecule has 0 radical (unpaired) electrons. The molecule has 1 amide bonds. The summed E-state index contributed by atoms with van der Waals surface area (Å²) in [4.78, 5) is 24.3. The van der Waals surface area contributed by atoms with Gasteiger partial charge >= 0.3 is 5.97 Å². The molecule has 1 saturated carbocycles. The van der Waals surface area contributed by atoms with Crippen molar-refractivity contribution in [2.24, 2.45) is 5.92 Å². The lowest BCUT2D eigenvalue weighted by molar-refractivity contribution is -0.146. The fraction of sp³-hybridized carbons (Fsp3) is 0.529. The fourth-order valence-corrected chi connectivity index (χ4v) is 2.81. The minimum Gasteiger partial charge on any atom is -0.467 e. The van der Waals surface area contributed by atoms with E-state index in [2.05, 4.69) is 5.32 Å². The van der Waals surface area contributed by atoms with Crippen molar-refractivity contribution in [2.75, 3.05) is 7.11 Å². The molecule has 1 N–H and O–H groups in total. The van der Waals surface area contributed by atoms with Gasteiger partial charge in [0.2, 0.25) is 11.8 Å². The highest BCUT2D eigenvalue weighted by Gasteiger charge is 2.38. The zero-order valence-corrected chi connectivity index (χ0v) is 13.6. The number of benzene rings is 1. The van der Waals surface area contributed by atoms with Crippen molar-refractivity contribution in [1.29, 1.82) is 0 Å². The largest absolute Gasteiger partial charge is 0.467 e. The number of nitrogens with one attached hydrogen (secondary N) is 1. The van der Waals surface area contributed by atoms with E-state index in [9.17, 15) is 22.8 Å². The molecule has 0 aliphatic heterocycles. The van der Waals surface area contributed by atoms with E-state index < -0.39 is 35.6 Å². The summed E-state index contributed by atoms with van der Waals surface area (Å²) in [6.45, 7) is 1.54. The van der Waals surface area contributed by atoms with E-state index in [4.69, 9.17) is 4.74 Å². The smallest absolute Gasteiger partial charge is 0.333 e. The molecule has 0 bridgehead atoms. The maximum Gasteiger partial charge on any atom is 0.333 e.